The summed E-state index contributed by atoms with van der Waals surface area (Å²) >= 11 is 11.1. The molecule has 1 saturated heterocycles. The smallest absolute Gasteiger partial charge is 0.261 e. The van der Waals surface area contributed by atoms with Gasteiger partial charge in [0, 0.05) is 16.0 Å². The van der Waals surface area contributed by atoms with Crippen LogP contribution < -0.4 is 0 Å². The summed E-state index contributed by atoms with van der Waals surface area (Å²) < 4.78 is 1.02. The van der Waals surface area contributed by atoms with Crippen LogP contribution in [0.4, 0.5) is 0 Å². The Morgan fingerprint density at radius 3 is 2.32 bits per heavy atom. The van der Waals surface area contributed by atoms with E-state index in [0.29, 0.717) is 11.6 Å². The average molecular weight is 471 g/mol. The summed E-state index contributed by atoms with van der Waals surface area (Å²) in [7, 11) is 0. The monoisotopic (exact) mass is 469 g/mol. The van der Waals surface area contributed by atoms with Crippen molar-refractivity contribution < 1.29 is 4.79 Å². The predicted octanol–water partition coefficient (Wildman–Crippen LogP) is 6.92. The fourth-order valence-corrected chi connectivity index (χ4v) is 4.74. The molecular formula is C23H17BrClNOS. The zero-order valence-electron chi connectivity index (χ0n) is 14.9. The molecule has 4 rings (SSSR count). The second kappa shape index (κ2) is 8.56. The van der Waals surface area contributed by atoms with E-state index >= 15 is 0 Å². The Morgan fingerprint density at radius 2 is 1.64 bits per heavy atom. The van der Waals surface area contributed by atoms with Crippen molar-refractivity contribution in [3.05, 3.63) is 110 Å². The van der Waals surface area contributed by atoms with Crippen molar-refractivity contribution in [3.63, 3.8) is 0 Å². The summed E-state index contributed by atoms with van der Waals surface area (Å²) in [5.74, 6) is 0.0525. The van der Waals surface area contributed by atoms with Crippen molar-refractivity contribution in [3.8, 4) is 0 Å². The Kier molecular flexibility index (Phi) is 5.90. The summed E-state index contributed by atoms with van der Waals surface area (Å²) in [5.41, 5.74) is 3.19. The highest BCUT2D eigenvalue weighted by atomic mass is 79.9. The first-order valence-corrected chi connectivity index (χ1v) is 10.9. The zero-order chi connectivity index (χ0) is 19.5. The fourth-order valence-electron chi connectivity index (χ4n) is 3.10. The number of benzene rings is 3. The second-order valence-corrected chi connectivity index (χ2v) is 8.97. The molecule has 1 aliphatic rings. The van der Waals surface area contributed by atoms with Gasteiger partial charge in [-0.2, -0.15) is 0 Å². The summed E-state index contributed by atoms with van der Waals surface area (Å²) in [6.45, 7) is 0.567. The molecule has 1 amide bonds. The summed E-state index contributed by atoms with van der Waals surface area (Å²) in [6.07, 6.45) is 1.97. The summed E-state index contributed by atoms with van der Waals surface area (Å²) in [5, 5.41) is 0.616. The molecule has 0 radical (unpaired) electrons. The van der Waals surface area contributed by atoms with Crippen LogP contribution in [0.5, 0.6) is 0 Å². The van der Waals surface area contributed by atoms with E-state index < -0.39 is 0 Å². The van der Waals surface area contributed by atoms with Gasteiger partial charge in [0.15, 0.2) is 0 Å². The van der Waals surface area contributed by atoms with Gasteiger partial charge in [-0.15, -0.1) is 0 Å². The lowest BCUT2D eigenvalue weighted by molar-refractivity contribution is -0.126. The topological polar surface area (TPSA) is 20.3 Å². The van der Waals surface area contributed by atoms with Gasteiger partial charge in [0.2, 0.25) is 0 Å². The number of nitrogens with zero attached hydrogens (tertiary/aromatic N) is 1. The molecular weight excluding hydrogens is 454 g/mol. The van der Waals surface area contributed by atoms with Gasteiger partial charge in [-0.3, -0.25) is 4.79 Å². The Hall–Kier alpha value is -2.01. The molecule has 0 saturated carbocycles. The van der Waals surface area contributed by atoms with Crippen molar-refractivity contribution in [2.45, 2.75) is 11.9 Å². The molecule has 0 spiro atoms. The zero-order valence-corrected chi connectivity index (χ0v) is 18.0. The van der Waals surface area contributed by atoms with Crippen molar-refractivity contribution in [1.29, 1.82) is 0 Å². The second-order valence-electron chi connectivity index (χ2n) is 6.50. The molecule has 1 fully saturated rings. The highest BCUT2D eigenvalue weighted by molar-refractivity contribution is 9.10. The maximum atomic E-state index is 13.2. The van der Waals surface area contributed by atoms with Gasteiger partial charge in [-0.05, 0) is 47.0 Å². The Balaban J connectivity index is 1.68. The normalized spacial score (nSPS) is 18.1. The number of carbonyl (C=O) groups is 1. The lowest BCUT2D eigenvalue weighted by Crippen LogP contribution is -2.27. The van der Waals surface area contributed by atoms with E-state index in [1.807, 2.05) is 89.8 Å². The molecule has 0 bridgehead atoms. The number of halogens is 2. The minimum atomic E-state index is -0.0772. The minimum Gasteiger partial charge on any atom is -0.317 e. The Labute approximate surface area is 182 Å². The molecule has 140 valence electrons. The molecule has 1 atom stereocenters. The highest BCUT2D eigenvalue weighted by Crippen LogP contribution is 2.47. The molecule has 3 aromatic carbocycles. The fraction of sp³-hybridized carbons (Fsp3) is 0.0870. The number of hydrogen-bond donors (Lipinski definition) is 0. The van der Waals surface area contributed by atoms with Gasteiger partial charge >= 0.3 is 0 Å². The van der Waals surface area contributed by atoms with Gasteiger partial charge in [0.05, 0.1) is 4.91 Å². The number of rotatable bonds is 4. The lowest BCUT2D eigenvalue weighted by Gasteiger charge is -2.23. The standard InChI is InChI=1S/C23H17BrClNOS/c24-19-10-6-16(7-11-19)14-21-22(27)26(15-17-4-2-1-3-5-17)23(28-21)18-8-12-20(25)13-9-18/h1-14,23H,15H2. The van der Waals surface area contributed by atoms with Crippen LogP contribution in [0.1, 0.15) is 22.1 Å². The average Bonchev–Trinajstić information content (AvgIpc) is 3.01. The molecule has 1 unspecified atom stereocenters. The van der Waals surface area contributed by atoms with Crippen molar-refractivity contribution >= 4 is 51.3 Å². The molecule has 1 aliphatic heterocycles. The van der Waals surface area contributed by atoms with Crippen molar-refractivity contribution in [2.24, 2.45) is 0 Å². The predicted molar refractivity (Wildman–Crippen MR) is 121 cm³/mol. The molecule has 0 N–H and O–H groups in total. The third kappa shape index (κ3) is 4.35. The SMILES string of the molecule is O=C1C(=Cc2ccc(Br)cc2)SC(c2ccc(Cl)cc2)N1Cc1ccccc1. The first-order valence-electron chi connectivity index (χ1n) is 8.84. The minimum absolute atomic E-state index is 0.0525. The molecule has 0 aliphatic carbocycles. The molecule has 1 heterocycles. The van der Waals surface area contributed by atoms with E-state index in [9.17, 15) is 4.79 Å². The summed E-state index contributed by atoms with van der Waals surface area (Å²) in [4.78, 5) is 15.9. The van der Waals surface area contributed by atoms with Crippen LogP contribution in [0.25, 0.3) is 6.08 Å². The number of thioether (sulfide) groups is 1. The largest absolute Gasteiger partial charge is 0.317 e. The van der Waals surface area contributed by atoms with E-state index in [1.165, 1.54) is 0 Å². The van der Waals surface area contributed by atoms with Crippen molar-refractivity contribution in [2.75, 3.05) is 0 Å². The van der Waals surface area contributed by atoms with Gasteiger partial charge in [-0.1, -0.05) is 93.9 Å². The lowest BCUT2D eigenvalue weighted by atomic mass is 10.1. The first kappa shape index (κ1) is 19.3. The van der Waals surface area contributed by atoms with Gasteiger partial charge in [0.25, 0.3) is 5.91 Å². The van der Waals surface area contributed by atoms with Crippen LogP contribution in [-0.4, -0.2) is 10.8 Å². The van der Waals surface area contributed by atoms with Gasteiger partial charge in [-0.25, -0.2) is 0 Å². The number of amides is 1. The van der Waals surface area contributed by atoms with Crippen LogP contribution >= 0.6 is 39.3 Å². The third-order valence-electron chi connectivity index (χ3n) is 4.51. The molecule has 3 aromatic rings. The highest BCUT2D eigenvalue weighted by Gasteiger charge is 2.37. The Bertz CT molecular complexity index is 1000. The Morgan fingerprint density at radius 1 is 0.964 bits per heavy atom. The number of carbonyl (C=O) groups excluding carboxylic acids is 1. The van der Waals surface area contributed by atoms with E-state index in [-0.39, 0.29) is 11.3 Å². The van der Waals surface area contributed by atoms with E-state index in [1.54, 1.807) is 11.8 Å². The first-order chi connectivity index (χ1) is 13.6. The van der Waals surface area contributed by atoms with Crippen LogP contribution in [0.3, 0.4) is 0 Å². The quantitative estimate of drug-likeness (QED) is 0.386. The maximum Gasteiger partial charge on any atom is 0.261 e. The summed E-state index contributed by atoms with van der Waals surface area (Å²) in [6, 6.07) is 25.8. The molecule has 28 heavy (non-hydrogen) atoms. The van der Waals surface area contributed by atoms with Crippen LogP contribution in [0.2, 0.25) is 5.02 Å². The van der Waals surface area contributed by atoms with Crippen LogP contribution in [-0.2, 0) is 11.3 Å². The van der Waals surface area contributed by atoms with E-state index in [4.69, 9.17) is 11.6 Å². The van der Waals surface area contributed by atoms with Gasteiger partial charge in [0.1, 0.15) is 5.37 Å². The third-order valence-corrected chi connectivity index (χ3v) is 6.59. The maximum absolute atomic E-state index is 13.2. The molecule has 5 heteroatoms. The van der Waals surface area contributed by atoms with Crippen LogP contribution in [0.15, 0.2) is 88.2 Å². The van der Waals surface area contributed by atoms with Crippen molar-refractivity contribution in [1.82, 2.24) is 4.90 Å². The van der Waals surface area contributed by atoms with E-state index in [2.05, 4.69) is 15.9 Å². The van der Waals surface area contributed by atoms with Gasteiger partial charge < -0.3 is 4.90 Å². The number of hydrogen-bond acceptors (Lipinski definition) is 2. The molecule has 0 aromatic heterocycles. The van der Waals surface area contributed by atoms with E-state index in [0.717, 1.165) is 26.1 Å². The van der Waals surface area contributed by atoms with Crippen LogP contribution in [0, 0.1) is 0 Å². The molecule has 2 nitrogen and oxygen atoms in total.